The maximum Gasteiger partial charge on any atom is 0.423 e. The molecule has 6 nitrogen and oxygen atoms in total. The second-order valence-corrected chi connectivity index (χ2v) is 3.28. The standard InChI is InChI=1S/C10H22N2O4/c1-5-14-7-8-16-12(9(3)4)11-10(13)15-6-2/h9H,5-8H2,1-4H3,(H,11,13). The first kappa shape index (κ1) is 15.2. The van der Waals surface area contributed by atoms with Crippen LogP contribution >= 0.6 is 0 Å². The lowest BCUT2D eigenvalue weighted by atomic mass is 10.4. The molecular weight excluding hydrogens is 212 g/mol. The van der Waals surface area contributed by atoms with E-state index in [1.54, 1.807) is 6.92 Å². The molecule has 0 bridgehead atoms. The quantitative estimate of drug-likeness (QED) is 0.507. The summed E-state index contributed by atoms with van der Waals surface area (Å²) in [4.78, 5) is 16.5. The van der Waals surface area contributed by atoms with Gasteiger partial charge in [0.05, 0.1) is 25.9 Å². The third-order valence-corrected chi connectivity index (χ3v) is 1.61. The lowest BCUT2D eigenvalue weighted by Gasteiger charge is -2.25. The zero-order valence-electron chi connectivity index (χ0n) is 10.5. The first-order valence-corrected chi connectivity index (χ1v) is 5.55. The number of amides is 1. The topological polar surface area (TPSA) is 60.0 Å². The van der Waals surface area contributed by atoms with Gasteiger partial charge in [-0.1, -0.05) is 5.17 Å². The summed E-state index contributed by atoms with van der Waals surface area (Å²) in [5.41, 5.74) is 2.49. The minimum Gasteiger partial charge on any atom is -0.449 e. The number of hydrogen-bond donors (Lipinski definition) is 1. The monoisotopic (exact) mass is 234 g/mol. The van der Waals surface area contributed by atoms with Crippen LogP contribution in [0.15, 0.2) is 0 Å². The van der Waals surface area contributed by atoms with Crippen LogP contribution in [0.1, 0.15) is 27.7 Å². The molecule has 0 aliphatic rings. The highest BCUT2D eigenvalue weighted by Crippen LogP contribution is 1.96. The van der Waals surface area contributed by atoms with Gasteiger partial charge < -0.3 is 9.47 Å². The van der Waals surface area contributed by atoms with Crippen LogP contribution in [-0.4, -0.2) is 43.7 Å². The van der Waals surface area contributed by atoms with Gasteiger partial charge in [-0.3, -0.25) is 4.84 Å². The number of ether oxygens (including phenoxy) is 2. The molecule has 0 atom stereocenters. The predicted molar refractivity (Wildman–Crippen MR) is 59.6 cm³/mol. The highest BCUT2D eigenvalue weighted by atomic mass is 16.7. The summed E-state index contributed by atoms with van der Waals surface area (Å²) < 4.78 is 9.87. The van der Waals surface area contributed by atoms with E-state index >= 15 is 0 Å². The largest absolute Gasteiger partial charge is 0.449 e. The molecule has 0 rings (SSSR count). The van der Waals surface area contributed by atoms with Crippen molar-refractivity contribution in [2.24, 2.45) is 0 Å². The Bertz CT molecular complexity index is 188. The van der Waals surface area contributed by atoms with Crippen molar-refractivity contribution >= 4 is 6.09 Å². The highest BCUT2D eigenvalue weighted by Gasteiger charge is 2.13. The molecule has 6 heteroatoms. The summed E-state index contributed by atoms with van der Waals surface area (Å²) in [6, 6.07) is 0.0195. The van der Waals surface area contributed by atoms with Crippen LogP contribution in [0.2, 0.25) is 0 Å². The van der Waals surface area contributed by atoms with Crippen LogP contribution in [0.3, 0.4) is 0 Å². The van der Waals surface area contributed by atoms with Gasteiger partial charge in [0.25, 0.3) is 0 Å². The van der Waals surface area contributed by atoms with Crippen molar-refractivity contribution in [2.75, 3.05) is 26.4 Å². The van der Waals surface area contributed by atoms with Gasteiger partial charge in [-0.05, 0) is 27.7 Å². The molecule has 0 radical (unpaired) electrons. The zero-order valence-corrected chi connectivity index (χ0v) is 10.5. The maximum atomic E-state index is 11.2. The molecule has 0 heterocycles. The summed E-state index contributed by atoms with van der Waals surface area (Å²) in [5, 5.41) is 1.36. The van der Waals surface area contributed by atoms with Crippen LogP contribution < -0.4 is 5.43 Å². The zero-order chi connectivity index (χ0) is 12.4. The summed E-state index contributed by atoms with van der Waals surface area (Å²) in [5.74, 6) is 0. The van der Waals surface area contributed by atoms with Gasteiger partial charge in [0.15, 0.2) is 0 Å². The molecule has 16 heavy (non-hydrogen) atoms. The van der Waals surface area contributed by atoms with Gasteiger partial charge in [-0.15, -0.1) is 0 Å². The third kappa shape index (κ3) is 7.44. The van der Waals surface area contributed by atoms with Crippen molar-refractivity contribution in [1.29, 1.82) is 0 Å². The van der Waals surface area contributed by atoms with Crippen molar-refractivity contribution in [1.82, 2.24) is 10.6 Å². The summed E-state index contributed by atoms with van der Waals surface area (Å²) in [6.07, 6.45) is -0.521. The Labute approximate surface area is 96.8 Å². The predicted octanol–water partition coefficient (Wildman–Crippen LogP) is 1.33. The number of rotatable bonds is 8. The molecule has 0 fully saturated rings. The lowest BCUT2D eigenvalue weighted by Crippen LogP contribution is -2.47. The second kappa shape index (κ2) is 9.38. The Hall–Kier alpha value is -0.850. The van der Waals surface area contributed by atoms with Crippen LogP contribution in [0.25, 0.3) is 0 Å². The molecule has 0 aliphatic carbocycles. The minimum atomic E-state index is -0.521. The number of nitrogens with one attached hydrogen (secondary N) is 1. The summed E-state index contributed by atoms with van der Waals surface area (Å²) in [7, 11) is 0. The van der Waals surface area contributed by atoms with Crippen molar-refractivity contribution in [3.05, 3.63) is 0 Å². The first-order valence-electron chi connectivity index (χ1n) is 5.55. The van der Waals surface area contributed by atoms with E-state index in [0.717, 1.165) is 0 Å². The highest BCUT2D eigenvalue weighted by molar-refractivity contribution is 5.66. The van der Waals surface area contributed by atoms with Gasteiger partial charge in [0.1, 0.15) is 0 Å². The molecule has 96 valence electrons. The third-order valence-electron chi connectivity index (χ3n) is 1.61. The SMILES string of the molecule is CCOCCON(NC(=O)OCC)C(C)C. The smallest absolute Gasteiger partial charge is 0.423 e. The van der Waals surface area contributed by atoms with E-state index in [9.17, 15) is 4.79 Å². The fourth-order valence-electron chi connectivity index (χ4n) is 0.903. The molecule has 0 aromatic rings. The van der Waals surface area contributed by atoms with Gasteiger partial charge in [-0.2, -0.15) is 0 Å². The first-order chi connectivity index (χ1) is 7.61. The van der Waals surface area contributed by atoms with E-state index < -0.39 is 6.09 Å². The number of hydrazine groups is 1. The van der Waals surface area contributed by atoms with Gasteiger partial charge in [-0.25, -0.2) is 10.2 Å². The van der Waals surface area contributed by atoms with Crippen LogP contribution in [0.5, 0.6) is 0 Å². The molecule has 0 unspecified atom stereocenters. The Morgan fingerprint density at radius 3 is 2.44 bits per heavy atom. The minimum absolute atomic E-state index is 0.0195. The van der Waals surface area contributed by atoms with Crippen molar-refractivity contribution < 1.29 is 19.1 Å². The van der Waals surface area contributed by atoms with Crippen molar-refractivity contribution in [3.63, 3.8) is 0 Å². The number of carbonyl (C=O) groups is 1. The van der Waals surface area contributed by atoms with Gasteiger partial charge in [0, 0.05) is 6.61 Å². The van der Waals surface area contributed by atoms with Gasteiger partial charge in [0.2, 0.25) is 0 Å². The number of nitrogens with zero attached hydrogens (tertiary/aromatic N) is 1. The Morgan fingerprint density at radius 2 is 1.94 bits per heavy atom. The van der Waals surface area contributed by atoms with E-state index in [2.05, 4.69) is 5.43 Å². The molecule has 0 saturated carbocycles. The van der Waals surface area contributed by atoms with Crippen molar-refractivity contribution in [2.45, 2.75) is 33.7 Å². The molecule has 0 spiro atoms. The number of carbonyl (C=O) groups excluding carboxylic acids is 1. The van der Waals surface area contributed by atoms with Crippen molar-refractivity contribution in [3.8, 4) is 0 Å². The second-order valence-electron chi connectivity index (χ2n) is 3.28. The fraction of sp³-hybridized carbons (Fsp3) is 0.900. The van der Waals surface area contributed by atoms with Crippen LogP contribution in [0, 0.1) is 0 Å². The van der Waals surface area contributed by atoms with Gasteiger partial charge >= 0.3 is 6.09 Å². The van der Waals surface area contributed by atoms with E-state index in [0.29, 0.717) is 26.4 Å². The fourth-order valence-corrected chi connectivity index (χ4v) is 0.903. The average molecular weight is 234 g/mol. The van der Waals surface area contributed by atoms with E-state index in [1.807, 2.05) is 20.8 Å². The molecule has 1 N–H and O–H groups in total. The number of hydrogen-bond acceptors (Lipinski definition) is 5. The Balaban J connectivity index is 3.83. The Morgan fingerprint density at radius 1 is 1.25 bits per heavy atom. The molecule has 0 aromatic carbocycles. The maximum absolute atomic E-state index is 11.2. The Kier molecular flexibility index (Phi) is 8.88. The summed E-state index contributed by atoms with van der Waals surface area (Å²) in [6.45, 7) is 9.31. The summed E-state index contributed by atoms with van der Waals surface area (Å²) >= 11 is 0. The van der Waals surface area contributed by atoms with Crippen LogP contribution in [-0.2, 0) is 14.3 Å². The van der Waals surface area contributed by atoms with Crippen LogP contribution in [0.4, 0.5) is 4.79 Å². The van der Waals surface area contributed by atoms with E-state index in [-0.39, 0.29) is 6.04 Å². The lowest BCUT2D eigenvalue weighted by molar-refractivity contribution is -0.215. The molecular formula is C10H22N2O4. The molecule has 1 amide bonds. The average Bonchev–Trinajstić information content (AvgIpc) is 2.22. The molecule has 0 aliphatic heterocycles. The van der Waals surface area contributed by atoms with E-state index in [4.69, 9.17) is 14.3 Å². The molecule has 0 aromatic heterocycles. The number of hydroxylamine groups is 1. The normalized spacial score (nSPS) is 10.9. The van der Waals surface area contributed by atoms with E-state index in [1.165, 1.54) is 5.17 Å². The molecule has 0 saturated heterocycles.